The van der Waals surface area contributed by atoms with Crippen LogP contribution in [0.2, 0.25) is 0 Å². The van der Waals surface area contributed by atoms with Gasteiger partial charge in [0.1, 0.15) is 0 Å². The predicted octanol–water partition coefficient (Wildman–Crippen LogP) is 1.93. The van der Waals surface area contributed by atoms with E-state index in [0.29, 0.717) is 29.3 Å². The average Bonchev–Trinajstić information content (AvgIpc) is 2.92. The van der Waals surface area contributed by atoms with Crippen molar-refractivity contribution in [3.63, 3.8) is 0 Å². The van der Waals surface area contributed by atoms with Gasteiger partial charge in [-0.3, -0.25) is 4.79 Å². The van der Waals surface area contributed by atoms with Gasteiger partial charge >= 0.3 is 0 Å². The van der Waals surface area contributed by atoms with Gasteiger partial charge < -0.3 is 20.5 Å². The number of anilines is 1. The number of amides is 1. The molecule has 102 valence electrons. The minimum atomic E-state index is -0.161. The van der Waals surface area contributed by atoms with Gasteiger partial charge in [0.15, 0.2) is 11.5 Å². The molecule has 0 unspecified atom stereocenters. The number of ether oxygens (including phenoxy) is 2. The van der Waals surface area contributed by atoms with Crippen molar-refractivity contribution < 1.29 is 14.3 Å². The molecule has 20 heavy (non-hydrogen) atoms. The maximum Gasteiger partial charge on any atom is 0.251 e. The van der Waals surface area contributed by atoms with Crippen LogP contribution in [0.4, 0.5) is 5.69 Å². The molecule has 0 saturated heterocycles. The van der Waals surface area contributed by atoms with Crippen LogP contribution in [0.3, 0.4) is 0 Å². The number of carbonyl (C=O) groups is 1. The number of nitrogen functional groups attached to an aromatic ring is 1. The first kappa shape index (κ1) is 12.3. The summed E-state index contributed by atoms with van der Waals surface area (Å²) >= 11 is 0. The van der Waals surface area contributed by atoms with E-state index >= 15 is 0 Å². The molecule has 0 bridgehead atoms. The number of benzene rings is 2. The molecule has 1 amide bonds. The summed E-state index contributed by atoms with van der Waals surface area (Å²) in [4.78, 5) is 12.1. The van der Waals surface area contributed by atoms with Gasteiger partial charge in [-0.25, -0.2) is 0 Å². The molecule has 3 N–H and O–H groups in total. The van der Waals surface area contributed by atoms with E-state index in [2.05, 4.69) is 5.32 Å². The first-order valence-corrected chi connectivity index (χ1v) is 6.24. The lowest BCUT2D eigenvalue weighted by Gasteiger charge is -2.06. The number of carbonyl (C=O) groups excluding carboxylic acids is 1. The largest absolute Gasteiger partial charge is 0.454 e. The molecule has 5 nitrogen and oxygen atoms in total. The van der Waals surface area contributed by atoms with Gasteiger partial charge in [0.05, 0.1) is 0 Å². The van der Waals surface area contributed by atoms with Gasteiger partial charge in [-0.05, 0) is 35.9 Å². The quantitative estimate of drug-likeness (QED) is 0.836. The standard InChI is InChI=1S/C15H14N2O3/c16-12-3-1-2-10(6-12)8-17-15(18)11-4-5-13-14(7-11)20-9-19-13/h1-7H,8-9,16H2,(H,17,18). The highest BCUT2D eigenvalue weighted by Crippen LogP contribution is 2.32. The lowest BCUT2D eigenvalue weighted by atomic mass is 10.1. The third-order valence-corrected chi connectivity index (χ3v) is 3.04. The minimum absolute atomic E-state index is 0.161. The van der Waals surface area contributed by atoms with E-state index in [-0.39, 0.29) is 12.7 Å². The van der Waals surface area contributed by atoms with Crippen LogP contribution in [0.1, 0.15) is 15.9 Å². The monoisotopic (exact) mass is 270 g/mol. The minimum Gasteiger partial charge on any atom is -0.454 e. The van der Waals surface area contributed by atoms with Gasteiger partial charge in [-0.15, -0.1) is 0 Å². The summed E-state index contributed by atoms with van der Waals surface area (Å²) in [7, 11) is 0. The normalized spacial score (nSPS) is 12.2. The van der Waals surface area contributed by atoms with E-state index < -0.39 is 0 Å². The number of hydrogen-bond acceptors (Lipinski definition) is 4. The number of nitrogens with one attached hydrogen (secondary N) is 1. The molecule has 1 aliphatic heterocycles. The Bertz CT molecular complexity index is 655. The summed E-state index contributed by atoms with van der Waals surface area (Å²) < 4.78 is 10.5. The van der Waals surface area contributed by atoms with Crippen molar-refractivity contribution in [2.45, 2.75) is 6.54 Å². The molecule has 0 fully saturated rings. The molecular weight excluding hydrogens is 256 g/mol. The van der Waals surface area contributed by atoms with Gasteiger partial charge in [0.2, 0.25) is 6.79 Å². The summed E-state index contributed by atoms with van der Waals surface area (Å²) in [6, 6.07) is 12.5. The van der Waals surface area contributed by atoms with Gasteiger partial charge in [-0.2, -0.15) is 0 Å². The molecule has 0 aromatic heterocycles. The fourth-order valence-electron chi connectivity index (χ4n) is 2.03. The van der Waals surface area contributed by atoms with E-state index in [1.807, 2.05) is 24.3 Å². The van der Waals surface area contributed by atoms with Crippen LogP contribution < -0.4 is 20.5 Å². The van der Waals surface area contributed by atoms with Crippen LogP contribution in [0, 0.1) is 0 Å². The summed E-state index contributed by atoms with van der Waals surface area (Å²) in [5, 5.41) is 2.84. The second-order valence-electron chi connectivity index (χ2n) is 4.50. The van der Waals surface area contributed by atoms with E-state index in [9.17, 15) is 4.79 Å². The molecule has 0 atom stereocenters. The lowest BCUT2D eigenvalue weighted by Crippen LogP contribution is -2.22. The van der Waals surface area contributed by atoms with Crippen molar-refractivity contribution in [3.05, 3.63) is 53.6 Å². The highest BCUT2D eigenvalue weighted by molar-refractivity contribution is 5.94. The fraction of sp³-hybridized carbons (Fsp3) is 0.133. The Balaban J connectivity index is 1.67. The van der Waals surface area contributed by atoms with E-state index in [0.717, 1.165) is 5.56 Å². The third-order valence-electron chi connectivity index (χ3n) is 3.04. The van der Waals surface area contributed by atoms with Crippen molar-refractivity contribution in [1.29, 1.82) is 0 Å². The van der Waals surface area contributed by atoms with E-state index in [4.69, 9.17) is 15.2 Å². The van der Waals surface area contributed by atoms with E-state index in [1.165, 1.54) is 0 Å². The van der Waals surface area contributed by atoms with Crippen LogP contribution in [-0.2, 0) is 6.54 Å². The Kier molecular flexibility index (Phi) is 3.16. The molecule has 5 heteroatoms. The zero-order valence-electron chi connectivity index (χ0n) is 10.8. The first-order valence-electron chi connectivity index (χ1n) is 6.24. The number of hydrogen-bond donors (Lipinski definition) is 2. The zero-order chi connectivity index (χ0) is 13.9. The maximum absolute atomic E-state index is 12.1. The number of nitrogens with two attached hydrogens (primary N) is 1. The zero-order valence-corrected chi connectivity index (χ0v) is 10.8. The highest BCUT2D eigenvalue weighted by atomic mass is 16.7. The molecule has 0 spiro atoms. The molecule has 1 aliphatic rings. The number of fused-ring (bicyclic) bond motifs is 1. The van der Waals surface area contributed by atoms with Crippen LogP contribution in [0.5, 0.6) is 11.5 Å². The summed E-state index contributed by atoms with van der Waals surface area (Å²) in [6.45, 7) is 0.627. The van der Waals surface area contributed by atoms with Crippen molar-refractivity contribution in [2.24, 2.45) is 0 Å². The van der Waals surface area contributed by atoms with Crippen LogP contribution in [-0.4, -0.2) is 12.7 Å². The van der Waals surface area contributed by atoms with Crippen LogP contribution in [0.15, 0.2) is 42.5 Å². The third kappa shape index (κ3) is 2.51. The summed E-state index contributed by atoms with van der Waals surface area (Å²) in [6.07, 6.45) is 0. The van der Waals surface area contributed by atoms with Gasteiger partial charge in [0.25, 0.3) is 5.91 Å². The molecule has 3 rings (SSSR count). The SMILES string of the molecule is Nc1cccc(CNC(=O)c2ccc3c(c2)OCO3)c1. The maximum atomic E-state index is 12.1. The molecular formula is C15H14N2O3. The second-order valence-corrected chi connectivity index (χ2v) is 4.50. The van der Waals surface area contributed by atoms with Gasteiger partial charge in [0, 0.05) is 17.8 Å². The molecule has 0 radical (unpaired) electrons. The van der Waals surface area contributed by atoms with Crippen molar-refractivity contribution in [1.82, 2.24) is 5.32 Å². The first-order chi connectivity index (χ1) is 9.72. The predicted molar refractivity (Wildman–Crippen MR) is 74.6 cm³/mol. The summed E-state index contributed by atoms with van der Waals surface area (Å²) in [5.41, 5.74) is 7.87. The second kappa shape index (κ2) is 5.13. The van der Waals surface area contributed by atoms with Crippen LogP contribution in [0.25, 0.3) is 0 Å². The highest BCUT2D eigenvalue weighted by Gasteiger charge is 2.15. The Morgan fingerprint density at radius 2 is 2.00 bits per heavy atom. The van der Waals surface area contributed by atoms with Gasteiger partial charge in [-0.1, -0.05) is 12.1 Å². The Hall–Kier alpha value is -2.69. The topological polar surface area (TPSA) is 73.6 Å². The molecule has 0 aliphatic carbocycles. The molecule has 0 saturated carbocycles. The van der Waals surface area contributed by atoms with E-state index in [1.54, 1.807) is 18.2 Å². The molecule has 1 heterocycles. The van der Waals surface area contributed by atoms with Crippen molar-refractivity contribution >= 4 is 11.6 Å². The molecule has 2 aromatic rings. The molecule has 2 aromatic carbocycles. The smallest absolute Gasteiger partial charge is 0.251 e. The summed E-state index contributed by atoms with van der Waals surface area (Å²) in [5.74, 6) is 1.10. The average molecular weight is 270 g/mol. The number of rotatable bonds is 3. The Morgan fingerprint density at radius 3 is 2.85 bits per heavy atom. The van der Waals surface area contributed by atoms with Crippen LogP contribution >= 0.6 is 0 Å². The lowest BCUT2D eigenvalue weighted by molar-refractivity contribution is 0.0950. The Morgan fingerprint density at radius 1 is 1.15 bits per heavy atom. The van der Waals surface area contributed by atoms with Crippen molar-refractivity contribution in [2.75, 3.05) is 12.5 Å². The fourth-order valence-corrected chi connectivity index (χ4v) is 2.03. The Labute approximate surface area is 116 Å². The van der Waals surface area contributed by atoms with Crippen molar-refractivity contribution in [3.8, 4) is 11.5 Å².